The van der Waals surface area contributed by atoms with E-state index in [1.807, 2.05) is 22.8 Å². The van der Waals surface area contributed by atoms with E-state index < -0.39 is 4.92 Å². The Morgan fingerprint density at radius 1 is 1.09 bits per heavy atom. The highest BCUT2D eigenvalue weighted by Crippen LogP contribution is 2.20. The fraction of sp³-hybridized carbons (Fsp3) is 0.200. The van der Waals surface area contributed by atoms with Crippen LogP contribution in [0.1, 0.15) is 36.5 Å². The summed E-state index contributed by atoms with van der Waals surface area (Å²) in [5, 5.41) is 30.4. The lowest BCUT2D eigenvalue weighted by atomic mass is 10.2. The van der Waals surface area contributed by atoms with Crippen molar-refractivity contribution in [3.63, 3.8) is 0 Å². The molecule has 5 rings (SSSR count). The van der Waals surface area contributed by atoms with Gasteiger partial charge in [0, 0.05) is 19.0 Å². The number of nitrogens with zero attached hydrogens (tertiary/aromatic N) is 6. The van der Waals surface area contributed by atoms with Gasteiger partial charge in [0.15, 0.2) is 5.82 Å². The lowest BCUT2D eigenvalue weighted by Crippen LogP contribution is -2.31. The van der Waals surface area contributed by atoms with Gasteiger partial charge in [0.25, 0.3) is 11.2 Å². The molecule has 9 nitrogen and oxygen atoms in total. The number of nitriles is 1. The Hall–Kier alpha value is -4.36. The molecule has 174 valence electrons. The Kier molecular flexibility index (Phi) is 6.08. The van der Waals surface area contributed by atoms with Gasteiger partial charge in [-0.05, 0) is 37.1 Å². The molecule has 2 aromatic carbocycles. The monoisotopic (exact) mass is 484 g/mol. The first-order valence-electron chi connectivity index (χ1n) is 11.2. The SMILES string of the molecule is N#C/C(c1nnc2n1CCCCC2)=c1/s/c(=C\c2ccccc2[N+](=O)[O-])c(=O)n1-c1ccccc1. The average Bonchev–Trinajstić information content (AvgIpc) is 3.31. The summed E-state index contributed by atoms with van der Waals surface area (Å²) in [6.45, 7) is 0.707. The third-order valence-corrected chi connectivity index (χ3v) is 7.01. The van der Waals surface area contributed by atoms with Crippen molar-refractivity contribution in [1.29, 1.82) is 5.26 Å². The first-order valence-corrected chi connectivity index (χ1v) is 12.0. The molecule has 10 heteroatoms. The minimum atomic E-state index is -0.478. The van der Waals surface area contributed by atoms with Crippen LogP contribution in [-0.4, -0.2) is 24.3 Å². The summed E-state index contributed by atoms with van der Waals surface area (Å²) in [6.07, 6.45) is 5.35. The molecule has 3 heterocycles. The second-order valence-corrected chi connectivity index (χ2v) is 9.13. The summed E-state index contributed by atoms with van der Waals surface area (Å²) >= 11 is 1.11. The molecule has 0 amide bonds. The Balaban J connectivity index is 1.85. The van der Waals surface area contributed by atoms with Gasteiger partial charge >= 0.3 is 0 Å². The molecule has 0 unspecified atom stereocenters. The second-order valence-electron chi connectivity index (χ2n) is 8.10. The summed E-state index contributed by atoms with van der Waals surface area (Å²) in [6, 6.07) is 17.5. The average molecular weight is 485 g/mol. The first kappa shape index (κ1) is 22.4. The summed E-state index contributed by atoms with van der Waals surface area (Å²) in [7, 11) is 0. The van der Waals surface area contributed by atoms with Crippen LogP contribution in [0.5, 0.6) is 0 Å². The van der Waals surface area contributed by atoms with Crippen LogP contribution >= 0.6 is 11.3 Å². The number of aromatic nitrogens is 4. The van der Waals surface area contributed by atoms with E-state index in [1.54, 1.807) is 30.3 Å². The van der Waals surface area contributed by atoms with Crippen LogP contribution < -0.4 is 14.8 Å². The van der Waals surface area contributed by atoms with Gasteiger partial charge in [-0.15, -0.1) is 21.5 Å². The van der Waals surface area contributed by atoms with Crippen LogP contribution in [-0.2, 0) is 13.0 Å². The third kappa shape index (κ3) is 4.18. The van der Waals surface area contributed by atoms with Crippen LogP contribution in [0.3, 0.4) is 0 Å². The molecule has 4 aromatic rings. The van der Waals surface area contributed by atoms with E-state index in [1.165, 1.54) is 16.7 Å². The lowest BCUT2D eigenvalue weighted by Gasteiger charge is -2.07. The number of hydrogen-bond donors (Lipinski definition) is 0. The Labute approximate surface area is 203 Å². The molecule has 0 atom stereocenters. The number of nitro benzene ring substituents is 1. The molecule has 0 radical (unpaired) electrons. The molecule has 0 N–H and O–H groups in total. The fourth-order valence-electron chi connectivity index (χ4n) is 4.24. The summed E-state index contributed by atoms with van der Waals surface area (Å²) in [4.78, 5) is 24.6. The molecular weight excluding hydrogens is 464 g/mol. The number of rotatable bonds is 4. The van der Waals surface area contributed by atoms with Gasteiger partial charge in [-0.2, -0.15) is 5.26 Å². The predicted octanol–water partition coefficient (Wildman–Crippen LogP) is 2.68. The Morgan fingerprint density at radius 3 is 2.63 bits per heavy atom. The quantitative estimate of drug-likeness (QED) is 0.324. The number of para-hydroxylation sites is 2. The minimum Gasteiger partial charge on any atom is -0.310 e. The van der Waals surface area contributed by atoms with E-state index >= 15 is 0 Å². The summed E-state index contributed by atoms with van der Waals surface area (Å²) < 4.78 is 4.13. The van der Waals surface area contributed by atoms with Crippen molar-refractivity contribution in [3.05, 3.63) is 101 Å². The predicted molar refractivity (Wildman–Crippen MR) is 132 cm³/mol. The lowest BCUT2D eigenvalue weighted by molar-refractivity contribution is -0.385. The number of fused-ring (bicyclic) bond motifs is 1. The second kappa shape index (κ2) is 9.48. The standard InChI is InChI=1S/C25H20N6O3S/c26-16-19(23-28-27-22-13-5-2-8-14-29(22)23)25-30(18-10-3-1-4-11-18)24(32)21(35-25)15-17-9-6-7-12-20(17)31(33)34/h1,3-4,6-7,9-12,15H,2,5,8,13-14H2/b21-15-,25-19-. The van der Waals surface area contributed by atoms with E-state index in [0.717, 1.165) is 42.8 Å². The summed E-state index contributed by atoms with van der Waals surface area (Å²) in [5.41, 5.74) is 0.698. The third-order valence-electron chi connectivity index (χ3n) is 5.92. The number of nitro groups is 1. The van der Waals surface area contributed by atoms with Gasteiger partial charge in [0.2, 0.25) is 0 Å². The first-order chi connectivity index (χ1) is 17.1. The van der Waals surface area contributed by atoms with E-state index in [-0.39, 0.29) is 21.4 Å². The zero-order valence-electron chi connectivity index (χ0n) is 18.6. The normalized spacial score (nSPS) is 14.7. The summed E-state index contributed by atoms with van der Waals surface area (Å²) in [5.74, 6) is 1.27. The zero-order chi connectivity index (χ0) is 24.4. The van der Waals surface area contributed by atoms with Crippen molar-refractivity contribution >= 4 is 28.7 Å². The van der Waals surface area contributed by atoms with E-state index in [0.29, 0.717) is 28.3 Å². The van der Waals surface area contributed by atoms with Crippen molar-refractivity contribution < 1.29 is 4.92 Å². The van der Waals surface area contributed by atoms with Crippen LogP contribution in [0.15, 0.2) is 59.4 Å². The zero-order valence-corrected chi connectivity index (χ0v) is 19.4. The fourth-order valence-corrected chi connectivity index (χ4v) is 5.33. The Bertz CT molecular complexity index is 1640. The van der Waals surface area contributed by atoms with Gasteiger partial charge in [0.1, 0.15) is 22.1 Å². The maximum atomic E-state index is 13.6. The molecule has 0 spiro atoms. The number of hydrogen-bond acceptors (Lipinski definition) is 7. The highest BCUT2D eigenvalue weighted by molar-refractivity contribution is 7.07. The largest absolute Gasteiger partial charge is 0.310 e. The van der Waals surface area contributed by atoms with Gasteiger partial charge in [-0.1, -0.05) is 36.8 Å². The van der Waals surface area contributed by atoms with Crippen molar-refractivity contribution in [2.45, 2.75) is 32.2 Å². The minimum absolute atomic E-state index is 0.0969. The highest BCUT2D eigenvalue weighted by Gasteiger charge is 2.21. The van der Waals surface area contributed by atoms with Gasteiger partial charge in [-0.3, -0.25) is 19.5 Å². The Morgan fingerprint density at radius 2 is 1.86 bits per heavy atom. The van der Waals surface area contributed by atoms with Crippen LogP contribution in [0, 0.1) is 21.4 Å². The van der Waals surface area contributed by atoms with E-state index in [2.05, 4.69) is 16.3 Å². The molecule has 0 aliphatic carbocycles. The van der Waals surface area contributed by atoms with Crippen molar-refractivity contribution in [1.82, 2.24) is 19.3 Å². The molecule has 2 aromatic heterocycles. The number of benzene rings is 2. The molecular formula is C25H20N6O3S. The van der Waals surface area contributed by atoms with E-state index in [4.69, 9.17) is 0 Å². The van der Waals surface area contributed by atoms with Crippen molar-refractivity contribution in [2.75, 3.05) is 0 Å². The molecule has 0 saturated carbocycles. The number of aryl methyl sites for hydroxylation is 1. The van der Waals surface area contributed by atoms with Gasteiger partial charge < -0.3 is 4.57 Å². The van der Waals surface area contributed by atoms with Crippen LogP contribution in [0.25, 0.3) is 17.3 Å². The van der Waals surface area contributed by atoms with Crippen molar-refractivity contribution in [3.8, 4) is 11.8 Å². The molecule has 0 bridgehead atoms. The highest BCUT2D eigenvalue weighted by atomic mass is 32.1. The topological polar surface area (TPSA) is 120 Å². The maximum absolute atomic E-state index is 13.6. The molecule has 1 aliphatic rings. The molecule has 0 saturated heterocycles. The smallest absolute Gasteiger partial charge is 0.276 e. The molecule has 1 aliphatic heterocycles. The van der Waals surface area contributed by atoms with Crippen LogP contribution in [0.4, 0.5) is 5.69 Å². The molecule has 35 heavy (non-hydrogen) atoms. The maximum Gasteiger partial charge on any atom is 0.276 e. The van der Waals surface area contributed by atoms with Gasteiger partial charge in [0.05, 0.1) is 20.7 Å². The van der Waals surface area contributed by atoms with Gasteiger partial charge in [-0.25, -0.2) is 0 Å². The molecule has 0 fully saturated rings. The van der Waals surface area contributed by atoms with E-state index in [9.17, 15) is 20.2 Å². The number of thiazole rings is 1. The van der Waals surface area contributed by atoms with Crippen molar-refractivity contribution in [2.24, 2.45) is 0 Å². The van der Waals surface area contributed by atoms with Crippen LogP contribution in [0.2, 0.25) is 0 Å².